The van der Waals surface area contributed by atoms with Crippen LogP contribution in [-0.2, 0) is 27.8 Å². The molecule has 0 aliphatic carbocycles. The molecule has 2 rings (SSSR count). The van der Waals surface area contributed by atoms with Crippen molar-refractivity contribution in [2.45, 2.75) is 58.2 Å². The van der Waals surface area contributed by atoms with E-state index >= 15 is 0 Å². The van der Waals surface area contributed by atoms with Gasteiger partial charge in [0.2, 0.25) is 15.9 Å². The standard InChI is InChI=1S/C25H39N3O5S2/c1-4-12-28(13-5-2)35(31,32)15-11-25(30)27-23(17-22-10-7-14-34-22)24(29)19-26-18-20-8-6-9-21(16-20)33-3/h6-10,14,16,23-24,26,29H,4-5,11-13,15,17-19H2,1-3H3,(H,27,30). The molecule has 0 aliphatic rings. The molecule has 0 fully saturated rings. The van der Waals surface area contributed by atoms with Crippen LogP contribution in [0, 0.1) is 0 Å². The maximum atomic E-state index is 12.7. The monoisotopic (exact) mass is 525 g/mol. The van der Waals surface area contributed by atoms with E-state index in [4.69, 9.17) is 4.74 Å². The second-order valence-electron chi connectivity index (χ2n) is 8.47. The summed E-state index contributed by atoms with van der Waals surface area (Å²) >= 11 is 1.55. The molecule has 0 bridgehead atoms. The Labute approximate surface area is 213 Å². The van der Waals surface area contributed by atoms with E-state index in [-0.39, 0.29) is 24.6 Å². The molecule has 0 aliphatic heterocycles. The van der Waals surface area contributed by atoms with Crippen molar-refractivity contribution >= 4 is 27.3 Å². The van der Waals surface area contributed by atoms with Crippen LogP contribution in [0.3, 0.4) is 0 Å². The molecule has 2 aromatic rings. The predicted molar refractivity (Wildman–Crippen MR) is 141 cm³/mol. The Morgan fingerprint density at radius 1 is 1.17 bits per heavy atom. The van der Waals surface area contributed by atoms with E-state index in [1.54, 1.807) is 18.4 Å². The number of aliphatic hydroxyl groups is 1. The SMILES string of the molecule is CCCN(CCC)S(=O)(=O)CCC(=O)NC(Cc1cccs1)C(O)CNCc1cccc(OC)c1. The molecule has 2 unspecified atom stereocenters. The van der Waals surface area contributed by atoms with Gasteiger partial charge in [-0.1, -0.05) is 32.0 Å². The minimum atomic E-state index is -3.51. The Morgan fingerprint density at radius 3 is 2.54 bits per heavy atom. The summed E-state index contributed by atoms with van der Waals surface area (Å²) in [6.07, 6.45) is 0.930. The Morgan fingerprint density at radius 2 is 1.91 bits per heavy atom. The number of methoxy groups -OCH3 is 1. The van der Waals surface area contributed by atoms with Crippen molar-refractivity contribution in [1.82, 2.24) is 14.9 Å². The number of ether oxygens (including phenoxy) is 1. The molecule has 0 saturated carbocycles. The molecular weight excluding hydrogens is 486 g/mol. The minimum Gasteiger partial charge on any atom is -0.497 e. The summed E-state index contributed by atoms with van der Waals surface area (Å²) in [4.78, 5) is 13.7. The molecule has 3 N–H and O–H groups in total. The van der Waals surface area contributed by atoms with E-state index in [1.165, 1.54) is 4.31 Å². The number of carbonyl (C=O) groups excluding carboxylic acids is 1. The highest BCUT2D eigenvalue weighted by Gasteiger charge is 2.25. The van der Waals surface area contributed by atoms with Gasteiger partial charge in [0.1, 0.15) is 5.75 Å². The number of thiophene rings is 1. The lowest BCUT2D eigenvalue weighted by Crippen LogP contribution is -2.49. The molecule has 0 radical (unpaired) electrons. The fourth-order valence-corrected chi connectivity index (χ4v) is 6.12. The second kappa shape index (κ2) is 15.2. The molecule has 0 spiro atoms. The first-order valence-electron chi connectivity index (χ1n) is 12.1. The molecule has 1 aromatic carbocycles. The smallest absolute Gasteiger partial charge is 0.221 e. The Hall–Kier alpha value is -1.98. The number of hydrogen-bond donors (Lipinski definition) is 3. The normalized spacial score (nSPS) is 13.5. The average Bonchev–Trinajstić information content (AvgIpc) is 3.35. The first-order chi connectivity index (χ1) is 16.8. The second-order valence-corrected chi connectivity index (χ2v) is 11.6. The highest BCUT2D eigenvalue weighted by Crippen LogP contribution is 2.15. The highest BCUT2D eigenvalue weighted by atomic mass is 32.2. The van der Waals surface area contributed by atoms with Gasteiger partial charge in [0.25, 0.3) is 0 Å². The molecule has 2 atom stereocenters. The van der Waals surface area contributed by atoms with Crippen molar-refractivity contribution in [3.05, 3.63) is 52.2 Å². The zero-order valence-electron chi connectivity index (χ0n) is 20.9. The van der Waals surface area contributed by atoms with Crippen LogP contribution < -0.4 is 15.4 Å². The summed E-state index contributed by atoms with van der Waals surface area (Å²) in [6, 6.07) is 11.0. The van der Waals surface area contributed by atoms with Gasteiger partial charge in [-0.2, -0.15) is 0 Å². The maximum absolute atomic E-state index is 12.7. The highest BCUT2D eigenvalue weighted by molar-refractivity contribution is 7.89. The van der Waals surface area contributed by atoms with Crippen LogP contribution in [-0.4, -0.2) is 68.4 Å². The van der Waals surface area contributed by atoms with E-state index in [0.717, 1.165) is 29.0 Å². The summed E-state index contributed by atoms with van der Waals surface area (Å²) < 4.78 is 32.1. The predicted octanol–water partition coefficient (Wildman–Crippen LogP) is 2.78. The van der Waals surface area contributed by atoms with Crippen LogP contribution in [0.5, 0.6) is 5.75 Å². The molecule has 35 heavy (non-hydrogen) atoms. The molecule has 1 aromatic heterocycles. The van der Waals surface area contributed by atoms with Crippen LogP contribution >= 0.6 is 11.3 Å². The lowest BCUT2D eigenvalue weighted by atomic mass is 10.1. The van der Waals surface area contributed by atoms with Gasteiger partial charge in [0, 0.05) is 43.9 Å². The number of amides is 1. The summed E-state index contributed by atoms with van der Waals surface area (Å²) in [5.41, 5.74) is 1.02. The maximum Gasteiger partial charge on any atom is 0.221 e. The van der Waals surface area contributed by atoms with E-state index in [2.05, 4.69) is 10.6 Å². The topological polar surface area (TPSA) is 108 Å². The largest absolute Gasteiger partial charge is 0.497 e. The third kappa shape index (κ3) is 10.3. The third-order valence-electron chi connectivity index (χ3n) is 5.56. The number of nitrogens with one attached hydrogen (secondary N) is 2. The summed E-state index contributed by atoms with van der Waals surface area (Å²) in [7, 11) is -1.89. The van der Waals surface area contributed by atoms with Crippen molar-refractivity contribution in [1.29, 1.82) is 0 Å². The third-order valence-corrected chi connectivity index (χ3v) is 8.33. The van der Waals surface area contributed by atoms with Gasteiger partial charge in [-0.25, -0.2) is 12.7 Å². The van der Waals surface area contributed by atoms with Crippen LogP contribution in [0.15, 0.2) is 41.8 Å². The fraction of sp³-hybridized carbons (Fsp3) is 0.560. The first-order valence-corrected chi connectivity index (χ1v) is 14.6. The van der Waals surface area contributed by atoms with Gasteiger partial charge in [-0.05, 0) is 42.0 Å². The zero-order valence-corrected chi connectivity index (χ0v) is 22.5. The van der Waals surface area contributed by atoms with Crippen molar-refractivity contribution in [2.75, 3.05) is 32.5 Å². The van der Waals surface area contributed by atoms with Gasteiger partial charge in [-0.3, -0.25) is 4.79 Å². The van der Waals surface area contributed by atoms with E-state index in [1.807, 2.05) is 55.6 Å². The lowest BCUT2D eigenvalue weighted by molar-refractivity contribution is -0.122. The first kappa shape index (κ1) is 29.3. The van der Waals surface area contributed by atoms with E-state index in [0.29, 0.717) is 26.1 Å². The molecule has 8 nitrogen and oxygen atoms in total. The Kier molecular flexibility index (Phi) is 12.7. The molecule has 196 valence electrons. The van der Waals surface area contributed by atoms with Gasteiger partial charge in [0.15, 0.2) is 0 Å². The van der Waals surface area contributed by atoms with Crippen LogP contribution in [0.4, 0.5) is 0 Å². The van der Waals surface area contributed by atoms with Crippen LogP contribution in [0.25, 0.3) is 0 Å². The summed E-state index contributed by atoms with van der Waals surface area (Å²) in [5, 5.41) is 18.9. The number of aliphatic hydroxyl groups excluding tert-OH is 1. The van der Waals surface area contributed by atoms with Crippen molar-refractivity contribution in [3.8, 4) is 5.75 Å². The van der Waals surface area contributed by atoms with Gasteiger partial charge < -0.3 is 20.5 Å². The molecule has 10 heteroatoms. The Bertz CT molecular complexity index is 977. The number of rotatable bonds is 17. The molecule has 0 saturated heterocycles. The van der Waals surface area contributed by atoms with Gasteiger partial charge >= 0.3 is 0 Å². The summed E-state index contributed by atoms with van der Waals surface area (Å²) in [5.74, 6) is 0.142. The van der Waals surface area contributed by atoms with Crippen molar-refractivity contribution in [3.63, 3.8) is 0 Å². The number of hydrogen-bond acceptors (Lipinski definition) is 7. The zero-order chi connectivity index (χ0) is 25.7. The number of carbonyl (C=O) groups is 1. The van der Waals surface area contributed by atoms with Crippen LogP contribution in [0.1, 0.15) is 43.6 Å². The minimum absolute atomic E-state index is 0.142. The van der Waals surface area contributed by atoms with E-state index < -0.39 is 22.2 Å². The fourth-order valence-electron chi connectivity index (χ4n) is 3.74. The molecule has 1 heterocycles. The number of benzene rings is 1. The van der Waals surface area contributed by atoms with E-state index in [9.17, 15) is 18.3 Å². The molecule has 1 amide bonds. The Balaban J connectivity index is 1.95. The molecular formula is C25H39N3O5S2. The van der Waals surface area contributed by atoms with Gasteiger partial charge in [0.05, 0.1) is 25.0 Å². The number of nitrogens with zero attached hydrogens (tertiary/aromatic N) is 1. The summed E-state index contributed by atoms with van der Waals surface area (Å²) in [6.45, 7) is 5.59. The van der Waals surface area contributed by atoms with Gasteiger partial charge in [-0.15, -0.1) is 11.3 Å². The lowest BCUT2D eigenvalue weighted by Gasteiger charge is -2.25. The number of sulfonamides is 1. The van der Waals surface area contributed by atoms with Crippen molar-refractivity contribution < 1.29 is 23.1 Å². The van der Waals surface area contributed by atoms with Crippen LogP contribution in [0.2, 0.25) is 0 Å². The quantitative estimate of drug-likeness (QED) is 0.293. The average molecular weight is 526 g/mol. The van der Waals surface area contributed by atoms with Crippen molar-refractivity contribution in [2.24, 2.45) is 0 Å².